The highest BCUT2D eigenvalue weighted by Gasteiger charge is 2.31. The van der Waals surface area contributed by atoms with Gasteiger partial charge in [0.2, 0.25) is 0 Å². The minimum Gasteiger partial charge on any atom is -0.292 e. The molecule has 0 amide bonds. The molecule has 0 spiro atoms. The lowest BCUT2D eigenvalue weighted by atomic mass is 9.85. The molecule has 0 saturated carbocycles. The Hall–Kier alpha value is -1.44. The molecule has 2 rings (SSSR count). The number of anilines is 1. The summed E-state index contributed by atoms with van der Waals surface area (Å²) in [6.07, 6.45) is 0. The molecule has 0 radical (unpaired) electrons. The molecule has 2 heteroatoms. The maximum absolute atomic E-state index is 2.33. The first kappa shape index (κ1) is 12.0. The summed E-state index contributed by atoms with van der Waals surface area (Å²) in [5.41, 5.74) is 4.39. The Labute approximate surface area is 105 Å². The van der Waals surface area contributed by atoms with Crippen LogP contribution >= 0.6 is 0 Å². The van der Waals surface area contributed by atoms with Crippen LogP contribution in [0.2, 0.25) is 0 Å². The Morgan fingerprint density at radius 3 is 2.12 bits per heavy atom. The van der Waals surface area contributed by atoms with E-state index in [9.17, 15) is 0 Å². The maximum atomic E-state index is 2.33. The summed E-state index contributed by atoms with van der Waals surface area (Å²) in [6, 6.07) is 10.6. The van der Waals surface area contributed by atoms with Crippen LogP contribution in [0.3, 0.4) is 0 Å². The van der Waals surface area contributed by atoms with Crippen LogP contribution in [-0.4, -0.2) is 18.6 Å². The standard InChI is InChI=1S/C15H22N2/c1-12-14(15(2,3)4)11-17(16(12)5)13-9-7-6-8-10-13/h6-10H,11H2,1-5H3. The molecule has 0 atom stereocenters. The van der Waals surface area contributed by atoms with Gasteiger partial charge in [0.15, 0.2) is 0 Å². The van der Waals surface area contributed by atoms with Crippen molar-refractivity contribution in [2.24, 2.45) is 5.41 Å². The van der Waals surface area contributed by atoms with Crippen molar-refractivity contribution >= 4 is 5.69 Å². The third-order valence-corrected chi connectivity index (χ3v) is 3.55. The van der Waals surface area contributed by atoms with Gasteiger partial charge < -0.3 is 0 Å². The number of para-hydroxylation sites is 1. The van der Waals surface area contributed by atoms with Crippen LogP contribution in [0.4, 0.5) is 5.69 Å². The Kier molecular flexibility index (Phi) is 2.90. The molecule has 0 fully saturated rings. The van der Waals surface area contributed by atoms with Gasteiger partial charge in [-0.05, 0) is 30.0 Å². The quantitative estimate of drug-likeness (QED) is 0.726. The number of hydrogen-bond acceptors (Lipinski definition) is 2. The van der Waals surface area contributed by atoms with E-state index in [0.29, 0.717) is 0 Å². The van der Waals surface area contributed by atoms with E-state index in [4.69, 9.17) is 0 Å². The van der Waals surface area contributed by atoms with Gasteiger partial charge in [0.25, 0.3) is 0 Å². The van der Waals surface area contributed by atoms with E-state index in [-0.39, 0.29) is 5.41 Å². The second-order valence-corrected chi connectivity index (χ2v) is 5.73. The molecule has 1 heterocycles. The lowest BCUT2D eigenvalue weighted by Gasteiger charge is -2.29. The molecule has 0 saturated heterocycles. The average molecular weight is 230 g/mol. The van der Waals surface area contributed by atoms with Gasteiger partial charge in [0.1, 0.15) is 0 Å². The van der Waals surface area contributed by atoms with Crippen LogP contribution < -0.4 is 5.01 Å². The lowest BCUT2D eigenvalue weighted by Crippen LogP contribution is -2.34. The summed E-state index contributed by atoms with van der Waals surface area (Å²) < 4.78 is 0. The smallest absolute Gasteiger partial charge is 0.0631 e. The Morgan fingerprint density at radius 1 is 1.06 bits per heavy atom. The van der Waals surface area contributed by atoms with E-state index < -0.39 is 0 Å². The molecule has 0 aromatic heterocycles. The zero-order chi connectivity index (χ0) is 12.6. The van der Waals surface area contributed by atoms with Gasteiger partial charge in [-0.25, -0.2) is 0 Å². The van der Waals surface area contributed by atoms with Crippen molar-refractivity contribution in [3.8, 4) is 0 Å². The van der Waals surface area contributed by atoms with Gasteiger partial charge >= 0.3 is 0 Å². The molecule has 0 bridgehead atoms. The van der Waals surface area contributed by atoms with Crippen LogP contribution in [0.15, 0.2) is 41.6 Å². The van der Waals surface area contributed by atoms with Gasteiger partial charge in [0.05, 0.1) is 12.2 Å². The van der Waals surface area contributed by atoms with Crippen molar-refractivity contribution < 1.29 is 0 Å². The van der Waals surface area contributed by atoms with E-state index in [1.807, 2.05) is 0 Å². The predicted molar refractivity (Wildman–Crippen MR) is 73.7 cm³/mol. The molecule has 92 valence electrons. The zero-order valence-electron chi connectivity index (χ0n) is 11.5. The summed E-state index contributed by atoms with van der Waals surface area (Å²) in [7, 11) is 2.14. The minimum atomic E-state index is 0.238. The van der Waals surface area contributed by atoms with Gasteiger partial charge in [-0.2, -0.15) is 0 Å². The Balaban J connectivity index is 2.29. The van der Waals surface area contributed by atoms with Crippen LogP contribution in [0, 0.1) is 5.41 Å². The van der Waals surface area contributed by atoms with Gasteiger partial charge in [-0.15, -0.1) is 0 Å². The first-order valence-corrected chi connectivity index (χ1v) is 6.17. The van der Waals surface area contributed by atoms with Crippen molar-refractivity contribution in [2.75, 3.05) is 18.6 Å². The normalized spacial score (nSPS) is 17.0. The second-order valence-electron chi connectivity index (χ2n) is 5.73. The summed E-state index contributed by atoms with van der Waals surface area (Å²) >= 11 is 0. The molecular formula is C15H22N2. The first-order chi connectivity index (χ1) is 7.91. The summed E-state index contributed by atoms with van der Waals surface area (Å²) in [5.74, 6) is 0. The average Bonchev–Trinajstić information content (AvgIpc) is 2.57. The van der Waals surface area contributed by atoms with Gasteiger partial charge in [-0.3, -0.25) is 10.0 Å². The third-order valence-electron chi connectivity index (χ3n) is 3.55. The van der Waals surface area contributed by atoms with E-state index in [0.717, 1.165) is 6.54 Å². The number of allylic oxidation sites excluding steroid dienone is 1. The number of rotatable bonds is 1. The highest BCUT2D eigenvalue weighted by Crippen LogP contribution is 2.36. The SMILES string of the molecule is CC1=C(C(C)(C)C)CN(c2ccccc2)N1C. The van der Waals surface area contributed by atoms with E-state index >= 15 is 0 Å². The fourth-order valence-electron chi connectivity index (χ4n) is 2.39. The van der Waals surface area contributed by atoms with E-state index in [1.165, 1.54) is 17.0 Å². The fourth-order valence-corrected chi connectivity index (χ4v) is 2.39. The monoisotopic (exact) mass is 230 g/mol. The molecule has 2 nitrogen and oxygen atoms in total. The number of benzene rings is 1. The predicted octanol–water partition coefficient (Wildman–Crippen LogP) is 3.67. The van der Waals surface area contributed by atoms with Crippen molar-refractivity contribution in [3.05, 3.63) is 41.6 Å². The van der Waals surface area contributed by atoms with Crippen LogP contribution in [0.25, 0.3) is 0 Å². The zero-order valence-corrected chi connectivity index (χ0v) is 11.5. The molecule has 0 unspecified atom stereocenters. The molecule has 1 aliphatic heterocycles. The maximum Gasteiger partial charge on any atom is 0.0631 e. The molecule has 1 aromatic rings. The van der Waals surface area contributed by atoms with Crippen LogP contribution in [0.1, 0.15) is 27.7 Å². The number of hydrazine groups is 1. The number of hydrogen-bond donors (Lipinski definition) is 0. The summed E-state index contributed by atoms with van der Waals surface area (Å²) in [5, 5.41) is 4.59. The highest BCUT2D eigenvalue weighted by molar-refractivity contribution is 5.50. The molecule has 1 aliphatic rings. The van der Waals surface area contributed by atoms with Crippen molar-refractivity contribution in [3.63, 3.8) is 0 Å². The Morgan fingerprint density at radius 2 is 1.65 bits per heavy atom. The van der Waals surface area contributed by atoms with Crippen molar-refractivity contribution in [2.45, 2.75) is 27.7 Å². The second kappa shape index (κ2) is 4.10. The van der Waals surface area contributed by atoms with Gasteiger partial charge in [-0.1, -0.05) is 39.0 Å². The molecule has 0 N–H and O–H groups in total. The Bertz CT molecular complexity index is 426. The van der Waals surface area contributed by atoms with Crippen LogP contribution in [0.5, 0.6) is 0 Å². The lowest BCUT2D eigenvalue weighted by molar-refractivity contribution is 0.422. The van der Waals surface area contributed by atoms with Crippen molar-refractivity contribution in [1.82, 2.24) is 5.01 Å². The highest BCUT2D eigenvalue weighted by atomic mass is 15.6. The van der Waals surface area contributed by atoms with E-state index in [2.05, 4.69) is 75.1 Å². The molecule has 1 aromatic carbocycles. The van der Waals surface area contributed by atoms with Crippen LogP contribution in [-0.2, 0) is 0 Å². The van der Waals surface area contributed by atoms with Gasteiger partial charge in [0, 0.05) is 12.7 Å². The largest absolute Gasteiger partial charge is 0.292 e. The first-order valence-electron chi connectivity index (χ1n) is 6.17. The molecular weight excluding hydrogens is 208 g/mol. The number of nitrogens with zero attached hydrogens (tertiary/aromatic N) is 2. The topological polar surface area (TPSA) is 6.48 Å². The van der Waals surface area contributed by atoms with Crippen molar-refractivity contribution in [1.29, 1.82) is 0 Å². The molecule has 0 aliphatic carbocycles. The van der Waals surface area contributed by atoms with E-state index in [1.54, 1.807) is 0 Å². The minimum absolute atomic E-state index is 0.238. The summed E-state index contributed by atoms with van der Waals surface area (Å²) in [4.78, 5) is 0. The molecule has 17 heavy (non-hydrogen) atoms. The fraction of sp³-hybridized carbons (Fsp3) is 0.467. The third kappa shape index (κ3) is 2.17. The summed E-state index contributed by atoms with van der Waals surface area (Å²) in [6.45, 7) is 10.1.